The second-order valence-corrected chi connectivity index (χ2v) is 9.71. The third kappa shape index (κ3) is 2.19. The Kier molecular flexibility index (Phi) is 3.93. The lowest BCUT2D eigenvalue weighted by Gasteiger charge is -2.59. The number of rotatable bonds is 1. The van der Waals surface area contributed by atoms with Crippen LogP contribution in [0.3, 0.4) is 0 Å². The Balaban J connectivity index is 1.68. The van der Waals surface area contributed by atoms with Gasteiger partial charge in [0.15, 0.2) is 5.79 Å². The molecule has 136 valence electrons. The molecule has 4 fully saturated rings. The van der Waals surface area contributed by atoms with E-state index in [0.717, 1.165) is 38.9 Å². The Morgan fingerprint density at radius 3 is 2.25 bits per heavy atom. The number of carbonyl (C=O) groups excluding carboxylic acids is 1. The van der Waals surface area contributed by atoms with E-state index < -0.39 is 0 Å². The van der Waals surface area contributed by atoms with Crippen LogP contribution in [0.15, 0.2) is 0 Å². The number of hydrogen-bond acceptors (Lipinski definition) is 3. The van der Waals surface area contributed by atoms with Gasteiger partial charge in [0, 0.05) is 24.7 Å². The largest absolute Gasteiger partial charge is 0.348 e. The fourth-order valence-corrected chi connectivity index (χ4v) is 6.98. The molecule has 0 bridgehead atoms. The van der Waals surface area contributed by atoms with Gasteiger partial charge in [-0.2, -0.15) is 0 Å². The second kappa shape index (κ2) is 5.54. The van der Waals surface area contributed by atoms with E-state index in [1.807, 2.05) is 0 Å². The molecule has 2 spiro atoms. The first-order chi connectivity index (χ1) is 11.3. The van der Waals surface area contributed by atoms with Crippen LogP contribution in [0.25, 0.3) is 0 Å². The van der Waals surface area contributed by atoms with Crippen LogP contribution >= 0.6 is 0 Å². The minimum Gasteiger partial charge on any atom is -0.348 e. The molecule has 0 aromatic carbocycles. The molecule has 3 aliphatic carbocycles. The Labute approximate surface area is 146 Å². The fourth-order valence-electron chi connectivity index (χ4n) is 6.98. The van der Waals surface area contributed by atoms with Gasteiger partial charge in [0.1, 0.15) is 5.78 Å². The lowest BCUT2D eigenvalue weighted by atomic mass is 9.46. The molecular weight excluding hydrogens is 300 g/mol. The van der Waals surface area contributed by atoms with E-state index in [1.165, 1.54) is 19.3 Å². The summed E-state index contributed by atoms with van der Waals surface area (Å²) in [5, 5.41) is 0. The number of carbonyl (C=O) groups is 1. The first kappa shape index (κ1) is 17.0. The van der Waals surface area contributed by atoms with E-state index >= 15 is 0 Å². The van der Waals surface area contributed by atoms with E-state index in [2.05, 4.69) is 27.7 Å². The summed E-state index contributed by atoms with van der Waals surface area (Å²) >= 11 is 0. The highest BCUT2D eigenvalue weighted by molar-refractivity contribution is 5.87. The van der Waals surface area contributed by atoms with Gasteiger partial charge in [-0.1, -0.05) is 27.7 Å². The zero-order chi connectivity index (χ0) is 17.2. The third-order valence-electron chi connectivity index (χ3n) is 8.48. The molecule has 1 aliphatic heterocycles. The minimum absolute atomic E-state index is 0.0800. The molecule has 0 aromatic heterocycles. The molecular formula is C21H34O3. The Hall–Kier alpha value is -0.410. The molecule has 0 amide bonds. The maximum atomic E-state index is 13.0. The van der Waals surface area contributed by atoms with E-state index in [1.54, 1.807) is 0 Å². The van der Waals surface area contributed by atoms with Gasteiger partial charge < -0.3 is 9.47 Å². The summed E-state index contributed by atoms with van der Waals surface area (Å²) < 4.78 is 12.0. The quantitative estimate of drug-likeness (QED) is 0.704. The average Bonchev–Trinajstić information content (AvgIpc) is 3.11. The number of ether oxygens (including phenoxy) is 2. The van der Waals surface area contributed by atoms with Gasteiger partial charge in [0.05, 0.1) is 13.2 Å². The van der Waals surface area contributed by atoms with Crippen molar-refractivity contribution >= 4 is 5.78 Å². The monoisotopic (exact) mass is 334 g/mol. The maximum absolute atomic E-state index is 13.0. The molecule has 1 heterocycles. The van der Waals surface area contributed by atoms with Crippen molar-refractivity contribution in [2.75, 3.05) is 13.2 Å². The van der Waals surface area contributed by atoms with Crippen LogP contribution in [-0.4, -0.2) is 24.8 Å². The molecule has 24 heavy (non-hydrogen) atoms. The first-order valence-electron chi connectivity index (χ1n) is 10.1. The molecule has 4 atom stereocenters. The van der Waals surface area contributed by atoms with Crippen LogP contribution < -0.4 is 0 Å². The molecule has 4 rings (SSSR count). The van der Waals surface area contributed by atoms with Crippen molar-refractivity contribution in [3.8, 4) is 0 Å². The highest BCUT2D eigenvalue weighted by atomic mass is 16.7. The normalized spacial score (nSPS) is 43.7. The SMILES string of the molecule is CC(C)[C@@H]1CC(=O)[C@@]2(C)CC[C@H](C)C3(CCC4(CC3)OCCO4)[C@@H]12. The molecule has 0 unspecified atom stereocenters. The van der Waals surface area contributed by atoms with E-state index in [4.69, 9.17) is 9.47 Å². The third-order valence-corrected chi connectivity index (χ3v) is 8.48. The smallest absolute Gasteiger partial charge is 0.168 e. The number of fused-ring (bicyclic) bond motifs is 2. The first-order valence-corrected chi connectivity index (χ1v) is 10.1. The molecule has 0 aromatic rings. The molecule has 3 nitrogen and oxygen atoms in total. The number of Topliss-reactive ketones (excluding diaryl/α,β-unsaturated/α-hetero) is 1. The summed E-state index contributed by atoms with van der Waals surface area (Å²) in [6.07, 6.45) is 7.49. The van der Waals surface area contributed by atoms with Crippen molar-refractivity contribution in [3.63, 3.8) is 0 Å². The number of ketones is 1. The van der Waals surface area contributed by atoms with Crippen LogP contribution in [0.4, 0.5) is 0 Å². The Morgan fingerprint density at radius 1 is 1.04 bits per heavy atom. The van der Waals surface area contributed by atoms with Crippen molar-refractivity contribution in [1.29, 1.82) is 0 Å². The summed E-state index contributed by atoms with van der Waals surface area (Å²) in [6, 6.07) is 0. The topological polar surface area (TPSA) is 35.5 Å². The predicted octanol–water partition coefficient (Wildman–Crippen LogP) is 4.59. The zero-order valence-electron chi connectivity index (χ0n) is 15.9. The lowest BCUT2D eigenvalue weighted by Crippen LogP contribution is -2.55. The molecule has 4 aliphatic rings. The number of hydrogen-bond donors (Lipinski definition) is 0. The van der Waals surface area contributed by atoms with Gasteiger partial charge in [-0.3, -0.25) is 4.79 Å². The summed E-state index contributed by atoms with van der Waals surface area (Å²) in [6.45, 7) is 10.9. The van der Waals surface area contributed by atoms with Gasteiger partial charge in [0.25, 0.3) is 0 Å². The van der Waals surface area contributed by atoms with Gasteiger partial charge in [0.2, 0.25) is 0 Å². The van der Waals surface area contributed by atoms with Crippen molar-refractivity contribution in [2.24, 2.45) is 34.5 Å². The maximum Gasteiger partial charge on any atom is 0.168 e. The molecule has 3 saturated carbocycles. The minimum atomic E-state index is -0.297. The Bertz CT molecular complexity index is 509. The zero-order valence-corrected chi connectivity index (χ0v) is 15.9. The van der Waals surface area contributed by atoms with Crippen LogP contribution in [0, 0.1) is 34.5 Å². The molecule has 0 radical (unpaired) electrons. The van der Waals surface area contributed by atoms with Crippen molar-refractivity contribution in [1.82, 2.24) is 0 Å². The van der Waals surface area contributed by atoms with Crippen LogP contribution in [0.2, 0.25) is 0 Å². The van der Waals surface area contributed by atoms with Gasteiger partial charge in [-0.15, -0.1) is 0 Å². The van der Waals surface area contributed by atoms with Crippen LogP contribution in [0.5, 0.6) is 0 Å². The highest BCUT2D eigenvalue weighted by Crippen LogP contribution is 2.68. The van der Waals surface area contributed by atoms with Crippen molar-refractivity contribution in [3.05, 3.63) is 0 Å². The van der Waals surface area contributed by atoms with Gasteiger partial charge in [-0.05, 0) is 54.8 Å². The Morgan fingerprint density at radius 2 is 1.67 bits per heavy atom. The average molecular weight is 335 g/mol. The van der Waals surface area contributed by atoms with Crippen LogP contribution in [-0.2, 0) is 14.3 Å². The predicted molar refractivity (Wildman–Crippen MR) is 93.5 cm³/mol. The van der Waals surface area contributed by atoms with Crippen LogP contribution in [0.1, 0.15) is 72.6 Å². The summed E-state index contributed by atoms with van der Waals surface area (Å²) in [4.78, 5) is 13.0. The summed E-state index contributed by atoms with van der Waals surface area (Å²) in [5.41, 5.74) is 0.234. The highest BCUT2D eigenvalue weighted by Gasteiger charge is 2.65. The standard InChI is InChI=1S/C21H34O3/c1-14(2)16-13-17(22)19(4)6-5-15(3)20(18(16)19)7-9-21(10-8-20)23-11-12-24-21/h14-16,18H,5-13H2,1-4H3/t15-,16-,18-,19+/m0/s1. The van der Waals surface area contributed by atoms with Gasteiger partial charge >= 0.3 is 0 Å². The fraction of sp³-hybridized carbons (Fsp3) is 0.952. The molecule has 1 saturated heterocycles. The summed E-state index contributed by atoms with van der Waals surface area (Å²) in [5.74, 6) is 2.67. The van der Waals surface area contributed by atoms with E-state index in [-0.39, 0.29) is 11.2 Å². The summed E-state index contributed by atoms with van der Waals surface area (Å²) in [7, 11) is 0. The lowest BCUT2D eigenvalue weighted by molar-refractivity contribution is -0.215. The van der Waals surface area contributed by atoms with Crippen molar-refractivity contribution < 1.29 is 14.3 Å². The second-order valence-electron chi connectivity index (χ2n) is 9.71. The molecule has 0 N–H and O–H groups in total. The van der Waals surface area contributed by atoms with E-state index in [9.17, 15) is 4.79 Å². The molecule has 3 heteroatoms. The van der Waals surface area contributed by atoms with E-state index in [0.29, 0.717) is 34.9 Å². The van der Waals surface area contributed by atoms with Gasteiger partial charge in [-0.25, -0.2) is 0 Å². The van der Waals surface area contributed by atoms with Crippen molar-refractivity contribution in [2.45, 2.75) is 78.4 Å².